The highest BCUT2D eigenvalue weighted by Crippen LogP contribution is 2.22. The van der Waals surface area contributed by atoms with Gasteiger partial charge in [-0.3, -0.25) is 9.59 Å². The van der Waals surface area contributed by atoms with Crippen LogP contribution in [0, 0.1) is 0 Å². The summed E-state index contributed by atoms with van der Waals surface area (Å²) < 4.78 is 0. The Kier molecular flexibility index (Phi) is 6.58. The molecule has 0 bridgehead atoms. The van der Waals surface area contributed by atoms with Crippen LogP contribution in [0.2, 0.25) is 0 Å². The van der Waals surface area contributed by atoms with Crippen LogP contribution in [0.4, 0.5) is 0 Å². The van der Waals surface area contributed by atoms with Gasteiger partial charge in [-0.2, -0.15) is 0 Å². The molecule has 1 aliphatic rings. The molecule has 2 atom stereocenters. The quantitative estimate of drug-likeness (QED) is 0.702. The van der Waals surface area contributed by atoms with E-state index in [1.54, 1.807) is 0 Å². The van der Waals surface area contributed by atoms with Crippen molar-refractivity contribution in [1.29, 1.82) is 0 Å². The van der Waals surface area contributed by atoms with E-state index in [0.717, 1.165) is 11.1 Å². The number of carbonyl (C=O) groups excluding carboxylic acids is 2. The number of hydrogen-bond acceptors (Lipinski definition) is 4. The predicted molar refractivity (Wildman–Crippen MR) is 115 cm³/mol. The SMILES string of the molecule is CC(C)(C)c1ccc(CNC(=O)[C@H](O)[C@@H](O)C(=O)N2CCc3ccccc3C2)cc1. The van der Waals surface area contributed by atoms with Crippen molar-refractivity contribution in [3.63, 3.8) is 0 Å². The van der Waals surface area contributed by atoms with E-state index >= 15 is 0 Å². The standard InChI is InChI=1S/C24H30N2O4/c1-24(2,3)19-10-8-16(9-11-19)14-25-22(29)20(27)21(28)23(30)26-13-12-17-6-4-5-7-18(17)15-26/h4-11,20-21,27-28H,12-15H2,1-3H3,(H,25,29)/t20-,21-/m1/s1. The average molecular weight is 411 g/mol. The molecule has 0 spiro atoms. The van der Waals surface area contributed by atoms with Gasteiger partial charge in [0.15, 0.2) is 12.2 Å². The first-order valence-corrected chi connectivity index (χ1v) is 10.3. The normalized spacial score (nSPS) is 15.8. The molecule has 1 heterocycles. The number of aliphatic hydroxyl groups is 2. The number of rotatable bonds is 5. The van der Waals surface area contributed by atoms with Crippen LogP contribution < -0.4 is 5.32 Å². The molecule has 2 amide bonds. The summed E-state index contributed by atoms with van der Waals surface area (Å²) in [5.74, 6) is -1.41. The van der Waals surface area contributed by atoms with Crippen molar-refractivity contribution in [1.82, 2.24) is 10.2 Å². The van der Waals surface area contributed by atoms with Gasteiger partial charge in [-0.15, -0.1) is 0 Å². The van der Waals surface area contributed by atoms with Crippen LogP contribution in [0.15, 0.2) is 48.5 Å². The van der Waals surface area contributed by atoms with Crippen molar-refractivity contribution in [3.8, 4) is 0 Å². The molecule has 0 aromatic heterocycles. The molecule has 2 aromatic carbocycles. The molecule has 0 saturated carbocycles. The first-order chi connectivity index (χ1) is 14.2. The maximum Gasteiger partial charge on any atom is 0.255 e. The van der Waals surface area contributed by atoms with Crippen molar-refractivity contribution in [2.75, 3.05) is 6.54 Å². The Morgan fingerprint density at radius 2 is 1.63 bits per heavy atom. The molecule has 0 radical (unpaired) electrons. The van der Waals surface area contributed by atoms with Crippen LogP contribution in [0.5, 0.6) is 0 Å². The third-order valence-electron chi connectivity index (χ3n) is 5.55. The Morgan fingerprint density at radius 3 is 2.27 bits per heavy atom. The summed E-state index contributed by atoms with van der Waals surface area (Å²) >= 11 is 0. The van der Waals surface area contributed by atoms with E-state index in [4.69, 9.17) is 0 Å². The van der Waals surface area contributed by atoms with E-state index < -0.39 is 24.0 Å². The summed E-state index contributed by atoms with van der Waals surface area (Å²) in [4.78, 5) is 26.4. The summed E-state index contributed by atoms with van der Waals surface area (Å²) in [6.45, 7) is 7.39. The van der Waals surface area contributed by atoms with Crippen molar-refractivity contribution in [2.24, 2.45) is 0 Å². The molecule has 6 heteroatoms. The summed E-state index contributed by atoms with van der Waals surface area (Å²) in [6.07, 6.45) is -2.93. The van der Waals surface area contributed by atoms with E-state index in [2.05, 4.69) is 26.1 Å². The van der Waals surface area contributed by atoms with Gasteiger partial charge < -0.3 is 20.4 Å². The lowest BCUT2D eigenvalue weighted by Crippen LogP contribution is -2.51. The van der Waals surface area contributed by atoms with Gasteiger partial charge in [0.05, 0.1) is 0 Å². The molecule has 0 unspecified atom stereocenters. The molecule has 0 saturated heterocycles. The molecule has 2 aromatic rings. The zero-order chi connectivity index (χ0) is 21.9. The van der Waals surface area contributed by atoms with Crippen molar-refractivity contribution in [2.45, 2.75) is 57.9 Å². The Morgan fingerprint density at radius 1 is 1.00 bits per heavy atom. The van der Waals surface area contributed by atoms with Crippen molar-refractivity contribution < 1.29 is 19.8 Å². The van der Waals surface area contributed by atoms with Crippen molar-refractivity contribution in [3.05, 3.63) is 70.8 Å². The summed E-state index contributed by atoms with van der Waals surface area (Å²) in [5, 5.41) is 23.1. The molecular weight excluding hydrogens is 380 g/mol. The fourth-order valence-corrected chi connectivity index (χ4v) is 3.57. The van der Waals surface area contributed by atoms with Gasteiger partial charge in [-0.1, -0.05) is 69.3 Å². The molecule has 6 nitrogen and oxygen atoms in total. The van der Waals surface area contributed by atoms with Crippen LogP contribution in [0.25, 0.3) is 0 Å². The maximum atomic E-state index is 12.6. The van der Waals surface area contributed by atoms with Crippen LogP contribution in [-0.4, -0.2) is 45.7 Å². The minimum Gasteiger partial charge on any atom is -0.380 e. The zero-order valence-electron chi connectivity index (χ0n) is 17.8. The van der Waals surface area contributed by atoms with Gasteiger partial charge in [0.2, 0.25) is 0 Å². The van der Waals surface area contributed by atoms with Gasteiger partial charge in [-0.25, -0.2) is 0 Å². The second-order valence-corrected chi connectivity index (χ2v) is 8.83. The second-order valence-electron chi connectivity index (χ2n) is 8.83. The minimum atomic E-state index is -1.82. The fourth-order valence-electron chi connectivity index (χ4n) is 3.57. The monoisotopic (exact) mass is 410 g/mol. The zero-order valence-corrected chi connectivity index (χ0v) is 17.8. The number of nitrogens with one attached hydrogen (secondary N) is 1. The lowest BCUT2D eigenvalue weighted by molar-refractivity contribution is -0.153. The highest BCUT2D eigenvalue weighted by atomic mass is 16.3. The largest absolute Gasteiger partial charge is 0.380 e. The number of amides is 2. The lowest BCUT2D eigenvalue weighted by atomic mass is 9.87. The highest BCUT2D eigenvalue weighted by molar-refractivity contribution is 5.90. The smallest absolute Gasteiger partial charge is 0.255 e. The van der Waals surface area contributed by atoms with Crippen LogP contribution in [0.3, 0.4) is 0 Å². The van der Waals surface area contributed by atoms with E-state index in [9.17, 15) is 19.8 Å². The highest BCUT2D eigenvalue weighted by Gasteiger charge is 2.34. The van der Waals surface area contributed by atoms with Gasteiger partial charge in [0.25, 0.3) is 11.8 Å². The number of nitrogens with zero attached hydrogens (tertiary/aromatic N) is 1. The molecule has 160 valence electrons. The Bertz CT molecular complexity index is 902. The Balaban J connectivity index is 1.54. The summed E-state index contributed by atoms with van der Waals surface area (Å²) in [6, 6.07) is 15.7. The number of hydrogen-bond donors (Lipinski definition) is 3. The van der Waals surface area contributed by atoms with E-state index in [1.165, 1.54) is 16.0 Å². The summed E-state index contributed by atoms with van der Waals surface area (Å²) in [5.41, 5.74) is 4.28. The van der Waals surface area contributed by atoms with E-state index in [-0.39, 0.29) is 12.0 Å². The molecule has 0 fully saturated rings. The first-order valence-electron chi connectivity index (χ1n) is 10.3. The molecule has 0 aliphatic carbocycles. The third-order valence-corrected chi connectivity index (χ3v) is 5.55. The Labute approximate surface area is 177 Å². The summed E-state index contributed by atoms with van der Waals surface area (Å²) in [7, 11) is 0. The van der Waals surface area contributed by atoms with Crippen LogP contribution in [0.1, 0.15) is 43.0 Å². The topological polar surface area (TPSA) is 89.9 Å². The first kappa shape index (κ1) is 22.0. The van der Waals surface area contributed by atoms with Gasteiger partial charge in [-0.05, 0) is 34.1 Å². The molecule has 30 heavy (non-hydrogen) atoms. The van der Waals surface area contributed by atoms with E-state index in [1.807, 2.05) is 48.5 Å². The van der Waals surface area contributed by atoms with Crippen LogP contribution in [-0.2, 0) is 34.5 Å². The van der Waals surface area contributed by atoms with Crippen molar-refractivity contribution >= 4 is 11.8 Å². The fraction of sp³-hybridized carbons (Fsp3) is 0.417. The average Bonchev–Trinajstić information content (AvgIpc) is 2.75. The Hall–Kier alpha value is -2.70. The number of benzene rings is 2. The molecule has 3 rings (SSSR count). The lowest BCUT2D eigenvalue weighted by Gasteiger charge is -2.31. The maximum absolute atomic E-state index is 12.6. The third kappa shape index (κ3) is 5.07. The molecular formula is C24H30N2O4. The van der Waals surface area contributed by atoms with Gasteiger partial charge >= 0.3 is 0 Å². The number of aliphatic hydroxyl groups excluding tert-OH is 2. The predicted octanol–water partition coefficient (Wildman–Crippen LogP) is 1.91. The second kappa shape index (κ2) is 8.98. The molecule has 1 aliphatic heterocycles. The van der Waals surface area contributed by atoms with Gasteiger partial charge in [0.1, 0.15) is 0 Å². The number of fused-ring (bicyclic) bond motifs is 1. The minimum absolute atomic E-state index is 0.0391. The van der Waals surface area contributed by atoms with Gasteiger partial charge in [0, 0.05) is 19.6 Å². The van der Waals surface area contributed by atoms with Crippen LogP contribution >= 0.6 is 0 Å². The van der Waals surface area contributed by atoms with E-state index in [0.29, 0.717) is 19.5 Å². The molecule has 3 N–H and O–H groups in total. The number of carbonyl (C=O) groups is 2.